The minimum absolute atomic E-state index is 0.169. The van der Waals surface area contributed by atoms with E-state index in [0.717, 1.165) is 12.8 Å². The molecule has 0 radical (unpaired) electrons. The van der Waals surface area contributed by atoms with E-state index >= 15 is 0 Å². The summed E-state index contributed by atoms with van der Waals surface area (Å²) in [5, 5.41) is 28.9. The summed E-state index contributed by atoms with van der Waals surface area (Å²) < 4.78 is 23.3. The highest BCUT2D eigenvalue weighted by Gasteiger charge is 2.32. The number of hydrogen-bond acceptors (Lipinski definition) is 8. The fraction of sp³-hybridized carbons (Fsp3) is 0.308. The first-order valence-electron chi connectivity index (χ1n) is 12.1. The van der Waals surface area contributed by atoms with Crippen molar-refractivity contribution in [2.24, 2.45) is 0 Å². The fourth-order valence-corrected chi connectivity index (χ4v) is 4.26. The third-order valence-electron chi connectivity index (χ3n) is 6.10. The first-order chi connectivity index (χ1) is 17.6. The van der Waals surface area contributed by atoms with Gasteiger partial charge in [-0.3, -0.25) is 9.99 Å². The number of fused-ring (bicyclic) bond motifs is 1. The SMILES string of the molecule is [2H][C@@](Nc1cc(Cl)c2ncc(C#N)c(NC(C)(C)CO)c2c1)(C1=CN(C2CC2)NN1)c1ccc(F)cc1. The molecule has 5 N–H and O–H groups in total. The number of nitrogens with one attached hydrogen (secondary N) is 4. The summed E-state index contributed by atoms with van der Waals surface area (Å²) >= 11 is 6.64. The molecule has 2 heterocycles. The van der Waals surface area contributed by atoms with Crippen molar-refractivity contribution in [2.75, 3.05) is 17.2 Å². The van der Waals surface area contributed by atoms with E-state index < -0.39 is 17.4 Å². The number of rotatable bonds is 8. The summed E-state index contributed by atoms with van der Waals surface area (Å²) in [7, 11) is 0. The molecule has 0 saturated heterocycles. The lowest BCUT2D eigenvalue weighted by molar-refractivity contribution is 0.234. The molecule has 0 bridgehead atoms. The molecular formula is C26H27ClFN7O. The molecule has 1 saturated carbocycles. The second-order valence-corrected chi connectivity index (χ2v) is 10.0. The number of halogens is 2. The number of anilines is 2. The van der Waals surface area contributed by atoms with Crippen LogP contribution in [-0.4, -0.2) is 33.3 Å². The summed E-state index contributed by atoms with van der Waals surface area (Å²) in [6.07, 6.45) is 5.40. The van der Waals surface area contributed by atoms with Crippen LogP contribution in [0.25, 0.3) is 10.9 Å². The number of aliphatic hydroxyl groups is 1. The standard InChI is InChI=1S/C26H27ClFN7O/c1-26(2,14-36)32-23-16(11-29)12-30-25-20(23)9-18(10-21(25)27)31-24(15-3-5-17(28)6-4-15)22-13-35(34-33-22)19-7-8-19/h3-6,9-10,12-13,19,24,31,33-34,36H,7-8,14H2,1-2H3,(H,30,32)/t24-/m0/s1/i24D. The van der Waals surface area contributed by atoms with Gasteiger partial charge in [0, 0.05) is 29.5 Å². The number of nitrogens with zero attached hydrogens (tertiary/aromatic N) is 3. The lowest BCUT2D eigenvalue weighted by atomic mass is 10.0. The molecule has 1 aliphatic carbocycles. The molecule has 0 amide bonds. The number of pyridine rings is 1. The van der Waals surface area contributed by atoms with Gasteiger partial charge in [-0.1, -0.05) is 23.7 Å². The highest BCUT2D eigenvalue weighted by molar-refractivity contribution is 6.35. The van der Waals surface area contributed by atoms with Crippen molar-refractivity contribution in [1.82, 2.24) is 21.0 Å². The zero-order valence-corrected chi connectivity index (χ0v) is 20.6. The molecule has 10 heteroatoms. The quantitative estimate of drug-likeness (QED) is 0.301. The smallest absolute Gasteiger partial charge is 0.123 e. The molecule has 186 valence electrons. The molecule has 0 spiro atoms. The van der Waals surface area contributed by atoms with Crippen LogP contribution in [0.15, 0.2) is 54.5 Å². The third kappa shape index (κ3) is 4.88. The van der Waals surface area contributed by atoms with Gasteiger partial charge in [0.2, 0.25) is 0 Å². The molecule has 36 heavy (non-hydrogen) atoms. The summed E-state index contributed by atoms with van der Waals surface area (Å²) in [5.41, 5.74) is 8.22. The van der Waals surface area contributed by atoms with E-state index in [1.807, 2.05) is 25.1 Å². The van der Waals surface area contributed by atoms with Gasteiger partial charge in [-0.25, -0.2) is 4.39 Å². The average Bonchev–Trinajstić information content (AvgIpc) is 3.60. The van der Waals surface area contributed by atoms with Gasteiger partial charge >= 0.3 is 0 Å². The molecule has 0 unspecified atom stereocenters. The molecule has 1 aliphatic heterocycles. The van der Waals surface area contributed by atoms with Gasteiger partial charge in [0.05, 0.1) is 47.0 Å². The van der Waals surface area contributed by atoms with Crippen molar-refractivity contribution in [3.05, 3.63) is 76.5 Å². The second kappa shape index (κ2) is 9.47. The van der Waals surface area contributed by atoms with Crippen molar-refractivity contribution in [3.8, 4) is 6.07 Å². The molecule has 1 aromatic heterocycles. The Hall–Kier alpha value is -3.58. The van der Waals surface area contributed by atoms with Crippen LogP contribution in [0.5, 0.6) is 0 Å². The van der Waals surface area contributed by atoms with Gasteiger partial charge in [-0.05, 0) is 56.5 Å². The van der Waals surface area contributed by atoms with Crippen LogP contribution in [0, 0.1) is 17.1 Å². The number of aliphatic hydroxyl groups excluding tert-OH is 1. The van der Waals surface area contributed by atoms with Crippen LogP contribution in [0.1, 0.15) is 45.2 Å². The molecule has 1 atom stereocenters. The minimum Gasteiger partial charge on any atom is -0.394 e. The first-order valence-corrected chi connectivity index (χ1v) is 12.0. The van der Waals surface area contributed by atoms with E-state index in [1.54, 1.807) is 24.3 Å². The van der Waals surface area contributed by atoms with Crippen molar-refractivity contribution in [1.29, 1.82) is 5.26 Å². The molecule has 1 fully saturated rings. The van der Waals surface area contributed by atoms with Gasteiger partial charge in [0.1, 0.15) is 11.9 Å². The van der Waals surface area contributed by atoms with Gasteiger partial charge < -0.3 is 21.2 Å². The maximum atomic E-state index is 13.8. The Kier molecular flexibility index (Phi) is 6.01. The summed E-state index contributed by atoms with van der Waals surface area (Å²) in [5.74, 6) is -0.400. The Bertz CT molecular complexity index is 1420. The van der Waals surface area contributed by atoms with Gasteiger partial charge in [-0.15, -0.1) is 5.53 Å². The summed E-state index contributed by atoms with van der Waals surface area (Å²) in [6, 6.07) is 10.1. The van der Waals surface area contributed by atoms with E-state index in [0.29, 0.717) is 50.2 Å². The second-order valence-electron chi connectivity index (χ2n) is 9.60. The largest absolute Gasteiger partial charge is 0.394 e. The average molecular weight is 509 g/mol. The molecule has 2 aliphatic rings. The third-order valence-corrected chi connectivity index (χ3v) is 6.39. The van der Waals surface area contributed by atoms with Crippen LogP contribution in [0.2, 0.25) is 5.02 Å². The Morgan fingerprint density at radius 2 is 2.11 bits per heavy atom. The van der Waals surface area contributed by atoms with Crippen LogP contribution < -0.4 is 21.6 Å². The monoisotopic (exact) mass is 508 g/mol. The predicted molar refractivity (Wildman–Crippen MR) is 138 cm³/mol. The number of benzene rings is 2. The van der Waals surface area contributed by atoms with E-state index in [9.17, 15) is 16.1 Å². The number of nitriles is 1. The normalized spacial score (nSPS) is 17.6. The fourth-order valence-electron chi connectivity index (χ4n) is 3.99. The van der Waals surface area contributed by atoms with Crippen LogP contribution in [0.4, 0.5) is 15.8 Å². The maximum absolute atomic E-state index is 13.8. The molecule has 8 nitrogen and oxygen atoms in total. The highest BCUT2D eigenvalue weighted by atomic mass is 35.5. The molecule has 5 rings (SSSR count). The lowest BCUT2D eigenvalue weighted by Gasteiger charge is -2.27. The predicted octanol–water partition coefficient (Wildman–Crippen LogP) is 4.56. The van der Waals surface area contributed by atoms with Crippen LogP contribution in [0.3, 0.4) is 0 Å². The van der Waals surface area contributed by atoms with E-state index in [2.05, 4.69) is 32.6 Å². The van der Waals surface area contributed by atoms with Crippen LogP contribution >= 0.6 is 11.6 Å². The first kappa shape index (κ1) is 22.9. The number of aromatic nitrogens is 1. The maximum Gasteiger partial charge on any atom is 0.123 e. The Morgan fingerprint density at radius 3 is 2.78 bits per heavy atom. The summed E-state index contributed by atoms with van der Waals surface area (Å²) in [4.78, 5) is 4.37. The minimum atomic E-state index is -1.54. The zero-order chi connectivity index (χ0) is 26.4. The van der Waals surface area contributed by atoms with Gasteiger partial charge in [0.25, 0.3) is 0 Å². The van der Waals surface area contributed by atoms with Crippen molar-refractivity contribution in [3.63, 3.8) is 0 Å². The Labute approximate surface area is 215 Å². The molecular weight excluding hydrogens is 481 g/mol. The number of hydrogen-bond donors (Lipinski definition) is 5. The Morgan fingerprint density at radius 1 is 1.36 bits per heavy atom. The van der Waals surface area contributed by atoms with E-state index in [1.165, 1.54) is 18.3 Å². The van der Waals surface area contributed by atoms with Crippen molar-refractivity contribution >= 4 is 33.9 Å². The number of hydrazine groups is 2. The lowest BCUT2D eigenvalue weighted by Crippen LogP contribution is -2.38. The van der Waals surface area contributed by atoms with Gasteiger partial charge in [0.15, 0.2) is 0 Å². The van der Waals surface area contributed by atoms with E-state index in [-0.39, 0.29) is 6.61 Å². The van der Waals surface area contributed by atoms with Crippen molar-refractivity contribution < 1.29 is 10.9 Å². The summed E-state index contributed by atoms with van der Waals surface area (Å²) in [6.45, 7) is 3.45. The van der Waals surface area contributed by atoms with E-state index in [4.69, 9.17) is 11.6 Å². The topological polar surface area (TPSA) is 108 Å². The zero-order valence-electron chi connectivity index (χ0n) is 20.9. The molecule has 3 aromatic rings. The van der Waals surface area contributed by atoms with Gasteiger partial charge in [-0.2, -0.15) is 5.26 Å². The Balaban J connectivity index is 1.62. The van der Waals surface area contributed by atoms with Crippen molar-refractivity contribution in [2.45, 2.75) is 44.3 Å². The highest BCUT2D eigenvalue weighted by Crippen LogP contribution is 2.37. The van der Waals surface area contributed by atoms with Crippen LogP contribution in [-0.2, 0) is 0 Å². The molecule has 2 aromatic carbocycles.